The molecule has 1 aliphatic rings. The Balaban J connectivity index is 1.73. The number of aromatic nitrogens is 1. The summed E-state index contributed by atoms with van der Waals surface area (Å²) in [6.07, 6.45) is 1.56. The van der Waals surface area contributed by atoms with Gasteiger partial charge in [-0.2, -0.15) is 0 Å². The molecule has 1 fully saturated rings. The maximum Gasteiger partial charge on any atom is 0.234 e. The van der Waals surface area contributed by atoms with Crippen molar-refractivity contribution in [1.29, 1.82) is 0 Å². The van der Waals surface area contributed by atoms with Crippen LogP contribution in [0.4, 0.5) is 5.13 Å². The molecule has 23 heavy (non-hydrogen) atoms. The summed E-state index contributed by atoms with van der Waals surface area (Å²) in [6, 6.07) is 9.97. The zero-order chi connectivity index (χ0) is 16.1. The van der Waals surface area contributed by atoms with Crippen LogP contribution in [-0.4, -0.2) is 37.7 Å². The molecule has 0 spiro atoms. The molecule has 0 aliphatic carbocycles. The van der Waals surface area contributed by atoms with E-state index in [1.165, 1.54) is 11.3 Å². The number of benzene rings is 1. The fourth-order valence-corrected chi connectivity index (χ4v) is 3.64. The molecule has 122 valence electrons. The minimum absolute atomic E-state index is 0.00908. The number of nitrogens with one attached hydrogen (secondary N) is 2. The molecule has 0 saturated carbocycles. The molecule has 0 atom stereocenters. The van der Waals surface area contributed by atoms with E-state index in [9.17, 15) is 4.79 Å². The van der Waals surface area contributed by atoms with Gasteiger partial charge in [-0.15, -0.1) is 11.3 Å². The summed E-state index contributed by atoms with van der Waals surface area (Å²) in [7, 11) is 1.65. The number of carbonyl (C=O) groups excluding carboxylic acids is 1. The number of methoxy groups -OCH3 is 1. The normalized spacial score (nSPS) is 16.9. The van der Waals surface area contributed by atoms with Gasteiger partial charge in [0.25, 0.3) is 0 Å². The quantitative estimate of drug-likeness (QED) is 0.884. The molecule has 0 unspecified atom stereocenters. The molecule has 3 rings (SSSR count). The van der Waals surface area contributed by atoms with Gasteiger partial charge < -0.3 is 15.4 Å². The number of anilines is 1. The van der Waals surface area contributed by atoms with Crippen molar-refractivity contribution in [3.05, 3.63) is 35.7 Å². The summed E-state index contributed by atoms with van der Waals surface area (Å²) >= 11 is 1.45. The van der Waals surface area contributed by atoms with E-state index in [1.807, 2.05) is 35.7 Å². The fraction of sp³-hybridized carbons (Fsp3) is 0.412. The molecule has 1 aromatic heterocycles. The van der Waals surface area contributed by atoms with Gasteiger partial charge in [0.05, 0.1) is 17.7 Å². The van der Waals surface area contributed by atoms with Crippen LogP contribution in [-0.2, 0) is 9.53 Å². The third kappa shape index (κ3) is 3.60. The minimum atomic E-state index is -0.460. The lowest BCUT2D eigenvalue weighted by atomic mass is 9.79. The van der Waals surface area contributed by atoms with Crippen LogP contribution in [0.2, 0.25) is 0 Å². The first-order valence-corrected chi connectivity index (χ1v) is 8.63. The van der Waals surface area contributed by atoms with Gasteiger partial charge in [0, 0.05) is 18.1 Å². The van der Waals surface area contributed by atoms with E-state index in [4.69, 9.17) is 4.74 Å². The molecule has 2 heterocycles. The Morgan fingerprint density at radius 1 is 1.35 bits per heavy atom. The minimum Gasteiger partial charge on any atom is -0.384 e. The van der Waals surface area contributed by atoms with E-state index < -0.39 is 5.41 Å². The SMILES string of the molecule is COCC1(C(=O)Nc2nc(-c3ccccc3)cs2)CCNCC1. The van der Waals surface area contributed by atoms with Crippen LogP contribution in [0, 0.1) is 5.41 Å². The predicted molar refractivity (Wildman–Crippen MR) is 92.6 cm³/mol. The number of thiazole rings is 1. The second kappa shape index (κ2) is 7.21. The Morgan fingerprint density at radius 2 is 2.09 bits per heavy atom. The fourth-order valence-electron chi connectivity index (χ4n) is 2.92. The Morgan fingerprint density at radius 3 is 2.78 bits per heavy atom. The Bertz CT molecular complexity index is 645. The van der Waals surface area contributed by atoms with Gasteiger partial charge in [-0.25, -0.2) is 4.98 Å². The van der Waals surface area contributed by atoms with Crippen LogP contribution in [0.5, 0.6) is 0 Å². The molecule has 6 heteroatoms. The number of ether oxygens (including phenoxy) is 1. The first-order valence-electron chi connectivity index (χ1n) is 7.76. The highest BCUT2D eigenvalue weighted by Gasteiger charge is 2.40. The Hall–Kier alpha value is -1.76. The van der Waals surface area contributed by atoms with Gasteiger partial charge in [0.15, 0.2) is 5.13 Å². The summed E-state index contributed by atoms with van der Waals surface area (Å²) in [5, 5.41) is 8.89. The largest absolute Gasteiger partial charge is 0.384 e. The van der Waals surface area contributed by atoms with Crippen LogP contribution in [0.3, 0.4) is 0 Å². The number of piperidine rings is 1. The van der Waals surface area contributed by atoms with Crippen molar-refractivity contribution in [3.63, 3.8) is 0 Å². The highest BCUT2D eigenvalue weighted by Crippen LogP contribution is 2.32. The summed E-state index contributed by atoms with van der Waals surface area (Å²) in [4.78, 5) is 17.3. The molecule has 1 aromatic carbocycles. The van der Waals surface area contributed by atoms with Crippen molar-refractivity contribution >= 4 is 22.4 Å². The Kier molecular flexibility index (Phi) is 5.05. The van der Waals surface area contributed by atoms with Gasteiger partial charge in [-0.1, -0.05) is 30.3 Å². The lowest BCUT2D eigenvalue weighted by Gasteiger charge is -2.35. The predicted octanol–water partition coefficient (Wildman–Crippen LogP) is 2.76. The molecule has 2 N–H and O–H groups in total. The zero-order valence-corrected chi connectivity index (χ0v) is 14.0. The lowest BCUT2D eigenvalue weighted by molar-refractivity contribution is -0.130. The van der Waals surface area contributed by atoms with Crippen molar-refractivity contribution in [3.8, 4) is 11.3 Å². The van der Waals surface area contributed by atoms with E-state index in [-0.39, 0.29) is 5.91 Å². The van der Waals surface area contributed by atoms with Gasteiger partial charge >= 0.3 is 0 Å². The zero-order valence-electron chi connectivity index (χ0n) is 13.2. The maximum atomic E-state index is 12.8. The summed E-state index contributed by atoms with van der Waals surface area (Å²) in [5.41, 5.74) is 1.48. The standard InChI is InChI=1S/C17H21N3O2S/c1-22-12-17(7-9-18-10-8-17)15(21)20-16-19-14(11-23-16)13-5-3-2-4-6-13/h2-6,11,18H,7-10,12H2,1H3,(H,19,20,21). The third-order valence-electron chi connectivity index (χ3n) is 4.26. The van der Waals surface area contributed by atoms with E-state index >= 15 is 0 Å². The third-order valence-corrected chi connectivity index (χ3v) is 5.01. The lowest BCUT2D eigenvalue weighted by Crippen LogP contribution is -2.47. The second-order valence-electron chi connectivity index (χ2n) is 5.82. The van der Waals surface area contributed by atoms with Crippen molar-refractivity contribution in [1.82, 2.24) is 10.3 Å². The molecule has 0 bridgehead atoms. The van der Waals surface area contributed by atoms with Crippen LogP contribution in [0.15, 0.2) is 35.7 Å². The van der Waals surface area contributed by atoms with Crippen LogP contribution in [0.1, 0.15) is 12.8 Å². The molecular weight excluding hydrogens is 310 g/mol. The first-order chi connectivity index (χ1) is 11.2. The number of rotatable bonds is 5. The smallest absolute Gasteiger partial charge is 0.234 e. The molecule has 1 amide bonds. The van der Waals surface area contributed by atoms with Gasteiger partial charge in [-0.05, 0) is 25.9 Å². The number of nitrogens with zero attached hydrogens (tertiary/aromatic N) is 1. The molecule has 1 saturated heterocycles. The number of carbonyl (C=O) groups is 1. The maximum absolute atomic E-state index is 12.8. The van der Waals surface area contributed by atoms with Crippen LogP contribution in [0.25, 0.3) is 11.3 Å². The van der Waals surface area contributed by atoms with Crippen LogP contribution < -0.4 is 10.6 Å². The molecule has 0 radical (unpaired) electrons. The first kappa shape index (κ1) is 16.1. The summed E-state index contributed by atoms with van der Waals surface area (Å²) in [5.74, 6) is 0.00908. The highest BCUT2D eigenvalue weighted by atomic mass is 32.1. The van der Waals surface area contributed by atoms with Gasteiger partial charge in [0.2, 0.25) is 5.91 Å². The van der Waals surface area contributed by atoms with E-state index in [2.05, 4.69) is 15.6 Å². The van der Waals surface area contributed by atoms with Crippen molar-refractivity contribution in [2.24, 2.45) is 5.41 Å². The average molecular weight is 331 g/mol. The highest BCUT2D eigenvalue weighted by molar-refractivity contribution is 7.14. The molecule has 5 nitrogen and oxygen atoms in total. The topological polar surface area (TPSA) is 63.2 Å². The summed E-state index contributed by atoms with van der Waals surface area (Å²) < 4.78 is 5.31. The molecule has 1 aliphatic heterocycles. The van der Waals surface area contributed by atoms with Crippen LogP contribution >= 0.6 is 11.3 Å². The number of hydrogen-bond acceptors (Lipinski definition) is 5. The van der Waals surface area contributed by atoms with E-state index in [0.29, 0.717) is 11.7 Å². The number of amides is 1. The van der Waals surface area contributed by atoms with Crippen molar-refractivity contribution < 1.29 is 9.53 Å². The number of hydrogen-bond donors (Lipinski definition) is 2. The van der Waals surface area contributed by atoms with Gasteiger partial charge in [0.1, 0.15) is 0 Å². The van der Waals surface area contributed by atoms with E-state index in [1.54, 1.807) is 7.11 Å². The molecule has 2 aromatic rings. The summed E-state index contributed by atoms with van der Waals surface area (Å²) in [6.45, 7) is 2.12. The average Bonchev–Trinajstić information content (AvgIpc) is 3.05. The monoisotopic (exact) mass is 331 g/mol. The van der Waals surface area contributed by atoms with Crippen molar-refractivity contribution in [2.45, 2.75) is 12.8 Å². The van der Waals surface area contributed by atoms with Crippen molar-refractivity contribution in [2.75, 3.05) is 32.1 Å². The molecular formula is C17H21N3O2S. The van der Waals surface area contributed by atoms with E-state index in [0.717, 1.165) is 37.2 Å². The van der Waals surface area contributed by atoms with Gasteiger partial charge in [-0.3, -0.25) is 4.79 Å². The Labute approximate surface area is 140 Å². The second-order valence-corrected chi connectivity index (χ2v) is 6.68.